The summed E-state index contributed by atoms with van der Waals surface area (Å²) in [6, 6.07) is 14.8. The second-order valence-electron chi connectivity index (χ2n) is 7.07. The zero-order valence-electron chi connectivity index (χ0n) is 15.9. The van der Waals surface area contributed by atoms with Crippen molar-refractivity contribution in [2.75, 3.05) is 31.6 Å². The SMILES string of the molecule is CC[C@H]1CN(c2ccc(-c3nc(Cc4ccccc4)no3)cn2)CCN1C. The molecule has 1 aromatic carbocycles. The normalized spacial score (nSPS) is 18.0. The number of piperazine rings is 1. The lowest BCUT2D eigenvalue weighted by molar-refractivity contribution is 0.213. The summed E-state index contributed by atoms with van der Waals surface area (Å²) in [7, 11) is 2.20. The highest BCUT2D eigenvalue weighted by Gasteiger charge is 2.23. The van der Waals surface area contributed by atoms with Gasteiger partial charge >= 0.3 is 0 Å². The van der Waals surface area contributed by atoms with Gasteiger partial charge in [-0.05, 0) is 31.2 Å². The van der Waals surface area contributed by atoms with E-state index in [2.05, 4.69) is 57.1 Å². The number of hydrogen-bond acceptors (Lipinski definition) is 6. The molecule has 140 valence electrons. The summed E-state index contributed by atoms with van der Waals surface area (Å²) < 4.78 is 5.44. The number of anilines is 1. The van der Waals surface area contributed by atoms with Crippen LogP contribution in [0.15, 0.2) is 53.2 Å². The van der Waals surface area contributed by atoms with Crippen molar-refractivity contribution in [3.63, 3.8) is 0 Å². The van der Waals surface area contributed by atoms with Gasteiger partial charge in [-0.3, -0.25) is 4.90 Å². The first kappa shape index (κ1) is 17.7. The Hall–Kier alpha value is -2.73. The molecule has 4 rings (SSSR count). The molecule has 1 atom stereocenters. The maximum atomic E-state index is 5.44. The van der Waals surface area contributed by atoms with Crippen molar-refractivity contribution in [1.29, 1.82) is 0 Å². The van der Waals surface area contributed by atoms with Gasteiger partial charge in [0.25, 0.3) is 5.89 Å². The van der Waals surface area contributed by atoms with E-state index in [1.807, 2.05) is 30.5 Å². The molecule has 0 saturated carbocycles. The van der Waals surface area contributed by atoms with Gasteiger partial charge in [0, 0.05) is 38.3 Å². The summed E-state index contributed by atoms with van der Waals surface area (Å²) in [5.74, 6) is 2.21. The molecule has 6 nitrogen and oxygen atoms in total. The molecule has 0 spiro atoms. The van der Waals surface area contributed by atoms with Crippen LogP contribution < -0.4 is 4.90 Å². The molecule has 27 heavy (non-hydrogen) atoms. The van der Waals surface area contributed by atoms with E-state index in [1.54, 1.807) is 0 Å². The van der Waals surface area contributed by atoms with Crippen LogP contribution in [0.25, 0.3) is 11.5 Å². The molecule has 0 radical (unpaired) electrons. The number of hydrogen-bond donors (Lipinski definition) is 0. The van der Waals surface area contributed by atoms with Crippen molar-refractivity contribution < 1.29 is 4.52 Å². The molecule has 1 aliphatic heterocycles. The summed E-state index contributed by atoms with van der Waals surface area (Å²) >= 11 is 0. The summed E-state index contributed by atoms with van der Waals surface area (Å²) in [6.45, 7) is 5.32. The van der Waals surface area contributed by atoms with Crippen molar-refractivity contribution in [2.24, 2.45) is 0 Å². The highest BCUT2D eigenvalue weighted by Crippen LogP contribution is 2.22. The van der Waals surface area contributed by atoms with Crippen LogP contribution in [-0.2, 0) is 6.42 Å². The fourth-order valence-electron chi connectivity index (χ4n) is 3.52. The quantitative estimate of drug-likeness (QED) is 0.693. The number of likely N-dealkylation sites (N-methyl/N-ethyl adjacent to an activating group) is 1. The van der Waals surface area contributed by atoms with E-state index < -0.39 is 0 Å². The highest BCUT2D eigenvalue weighted by atomic mass is 16.5. The zero-order chi connectivity index (χ0) is 18.6. The molecule has 3 aromatic rings. The van der Waals surface area contributed by atoms with Crippen LogP contribution in [0, 0.1) is 0 Å². The molecule has 0 bridgehead atoms. The fraction of sp³-hybridized carbons (Fsp3) is 0.381. The van der Waals surface area contributed by atoms with Gasteiger partial charge in [-0.2, -0.15) is 4.98 Å². The molecule has 1 aliphatic rings. The van der Waals surface area contributed by atoms with E-state index >= 15 is 0 Å². The molecule has 3 heterocycles. The number of benzene rings is 1. The van der Waals surface area contributed by atoms with Crippen molar-refractivity contribution in [3.8, 4) is 11.5 Å². The molecule has 2 aromatic heterocycles. The van der Waals surface area contributed by atoms with Crippen molar-refractivity contribution in [2.45, 2.75) is 25.8 Å². The lowest BCUT2D eigenvalue weighted by Gasteiger charge is -2.39. The second-order valence-corrected chi connectivity index (χ2v) is 7.07. The van der Waals surface area contributed by atoms with Crippen molar-refractivity contribution >= 4 is 5.82 Å². The average Bonchev–Trinajstić information content (AvgIpc) is 3.18. The summed E-state index contributed by atoms with van der Waals surface area (Å²) in [4.78, 5) is 13.9. The fourth-order valence-corrected chi connectivity index (χ4v) is 3.52. The molecule has 0 N–H and O–H groups in total. The Bertz CT molecular complexity index is 862. The smallest absolute Gasteiger partial charge is 0.259 e. The molecule has 6 heteroatoms. The topological polar surface area (TPSA) is 58.3 Å². The van der Waals surface area contributed by atoms with Crippen molar-refractivity contribution in [3.05, 3.63) is 60.0 Å². The molecule has 1 saturated heterocycles. The lowest BCUT2D eigenvalue weighted by atomic mass is 10.1. The number of pyridine rings is 1. The second kappa shape index (κ2) is 7.88. The minimum absolute atomic E-state index is 0.518. The summed E-state index contributed by atoms with van der Waals surface area (Å²) in [5.41, 5.74) is 2.02. The van der Waals surface area contributed by atoms with Crippen molar-refractivity contribution in [1.82, 2.24) is 20.0 Å². The first-order valence-electron chi connectivity index (χ1n) is 9.51. The zero-order valence-corrected chi connectivity index (χ0v) is 15.9. The third-order valence-electron chi connectivity index (χ3n) is 5.24. The van der Waals surface area contributed by atoms with Gasteiger partial charge in [0.15, 0.2) is 5.82 Å². The standard InChI is InChI=1S/C21H25N5O/c1-3-18-15-26(12-11-25(18)2)20-10-9-17(14-22-20)21-23-19(24-27-21)13-16-7-5-4-6-8-16/h4-10,14,18H,3,11-13,15H2,1-2H3/t18-/m0/s1. The number of nitrogens with zero attached hydrogens (tertiary/aromatic N) is 5. The van der Waals surface area contributed by atoms with E-state index in [-0.39, 0.29) is 0 Å². The third kappa shape index (κ3) is 4.01. The van der Waals surface area contributed by atoms with Crippen LogP contribution >= 0.6 is 0 Å². The molecule has 0 amide bonds. The largest absolute Gasteiger partial charge is 0.354 e. The van der Waals surface area contributed by atoms with E-state index in [4.69, 9.17) is 4.52 Å². The van der Waals surface area contributed by atoms with Gasteiger partial charge in [-0.15, -0.1) is 0 Å². The van der Waals surface area contributed by atoms with Gasteiger partial charge in [-0.1, -0.05) is 42.4 Å². The Kier molecular flexibility index (Phi) is 5.16. The first-order valence-corrected chi connectivity index (χ1v) is 9.51. The molecular formula is C21H25N5O. The van der Waals surface area contributed by atoms with Crippen LogP contribution in [0.4, 0.5) is 5.82 Å². The Balaban J connectivity index is 1.45. The minimum Gasteiger partial charge on any atom is -0.354 e. The van der Waals surface area contributed by atoms with Gasteiger partial charge in [-0.25, -0.2) is 4.98 Å². The molecule has 0 unspecified atom stereocenters. The molecule has 1 fully saturated rings. The predicted molar refractivity (Wildman–Crippen MR) is 106 cm³/mol. The monoisotopic (exact) mass is 363 g/mol. The summed E-state index contributed by atoms with van der Waals surface area (Å²) in [6.07, 6.45) is 3.64. The van der Waals surface area contributed by atoms with Crippen LogP contribution in [0.5, 0.6) is 0 Å². The highest BCUT2D eigenvalue weighted by molar-refractivity contribution is 5.55. The number of rotatable bonds is 5. The maximum Gasteiger partial charge on any atom is 0.259 e. The van der Waals surface area contributed by atoms with Gasteiger partial charge in [0.2, 0.25) is 0 Å². The van der Waals surface area contributed by atoms with E-state index in [0.29, 0.717) is 24.2 Å². The average molecular weight is 363 g/mol. The van der Waals surface area contributed by atoms with Crippen LogP contribution in [0.3, 0.4) is 0 Å². The van der Waals surface area contributed by atoms with Gasteiger partial charge in [0.05, 0.1) is 5.56 Å². The van der Waals surface area contributed by atoms with Crippen LogP contribution in [-0.4, -0.2) is 52.7 Å². The van der Waals surface area contributed by atoms with E-state index in [9.17, 15) is 0 Å². The van der Waals surface area contributed by atoms with E-state index in [0.717, 1.165) is 37.4 Å². The Labute approximate surface area is 159 Å². The number of aromatic nitrogens is 3. The van der Waals surface area contributed by atoms with Crippen LogP contribution in [0.1, 0.15) is 24.7 Å². The molecular weight excluding hydrogens is 338 g/mol. The van der Waals surface area contributed by atoms with Crippen LogP contribution in [0.2, 0.25) is 0 Å². The van der Waals surface area contributed by atoms with E-state index in [1.165, 1.54) is 5.56 Å². The summed E-state index contributed by atoms with van der Waals surface area (Å²) in [5, 5.41) is 4.10. The van der Waals surface area contributed by atoms with Gasteiger partial charge < -0.3 is 9.42 Å². The third-order valence-corrected chi connectivity index (χ3v) is 5.24. The molecule has 0 aliphatic carbocycles. The maximum absolute atomic E-state index is 5.44. The Morgan fingerprint density at radius 2 is 1.96 bits per heavy atom. The Morgan fingerprint density at radius 1 is 1.11 bits per heavy atom. The first-order chi connectivity index (χ1) is 13.2. The van der Waals surface area contributed by atoms with Gasteiger partial charge in [0.1, 0.15) is 5.82 Å². The lowest BCUT2D eigenvalue weighted by Crippen LogP contribution is -2.51. The predicted octanol–water partition coefficient (Wildman–Crippen LogP) is 3.25. The Morgan fingerprint density at radius 3 is 2.70 bits per heavy atom. The minimum atomic E-state index is 0.518.